The van der Waals surface area contributed by atoms with Crippen LogP contribution in [0, 0.1) is 6.92 Å². The highest BCUT2D eigenvalue weighted by molar-refractivity contribution is 9.10. The first-order valence-electron chi connectivity index (χ1n) is 6.16. The van der Waals surface area contributed by atoms with Crippen molar-refractivity contribution in [3.63, 3.8) is 0 Å². The van der Waals surface area contributed by atoms with Crippen LogP contribution in [0.1, 0.15) is 29.8 Å². The molecule has 19 heavy (non-hydrogen) atoms. The summed E-state index contributed by atoms with van der Waals surface area (Å²) in [5.74, 6) is 0.809. The molecule has 2 aromatic rings. The Labute approximate surface area is 121 Å². The first-order chi connectivity index (χ1) is 9.08. The number of halogens is 1. The highest BCUT2D eigenvalue weighted by Crippen LogP contribution is 2.28. The molecule has 0 fully saturated rings. The van der Waals surface area contributed by atoms with Gasteiger partial charge in [-0.05, 0) is 43.7 Å². The lowest BCUT2D eigenvalue weighted by Gasteiger charge is -2.15. The lowest BCUT2D eigenvalue weighted by molar-refractivity contribution is 0.296. The number of aryl methyl sites for hydroxylation is 1. The second kappa shape index (κ2) is 6.17. The highest BCUT2D eigenvalue weighted by atomic mass is 79.9. The number of hydrogen-bond acceptors (Lipinski definition) is 3. The summed E-state index contributed by atoms with van der Waals surface area (Å²) in [5, 5.41) is 0. The number of benzene rings is 1. The van der Waals surface area contributed by atoms with Crippen LogP contribution in [0.15, 0.2) is 41.0 Å². The molecule has 1 atom stereocenters. The average Bonchev–Trinajstić information content (AvgIpc) is 2.38. The fraction of sp³-hybridized carbons (Fsp3) is 0.267. The zero-order valence-electron chi connectivity index (χ0n) is 11.1. The minimum Gasteiger partial charge on any atom is -0.487 e. The number of rotatable bonds is 4. The molecule has 1 heterocycles. The Morgan fingerprint density at radius 2 is 2.16 bits per heavy atom. The fourth-order valence-corrected chi connectivity index (χ4v) is 2.20. The van der Waals surface area contributed by atoms with Crippen molar-refractivity contribution in [2.75, 3.05) is 0 Å². The maximum Gasteiger partial charge on any atom is 0.130 e. The van der Waals surface area contributed by atoms with Crippen molar-refractivity contribution in [3.05, 3.63) is 57.8 Å². The van der Waals surface area contributed by atoms with Crippen LogP contribution in [0.4, 0.5) is 0 Å². The van der Waals surface area contributed by atoms with Crippen LogP contribution in [0.3, 0.4) is 0 Å². The van der Waals surface area contributed by atoms with Gasteiger partial charge in [-0.2, -0.15) is 0 Å². The van der Waals surface area contributed by atoms with Crippen molar-refractivity contribution in [1.82, 2.24) is 4.98 Å². The Balaban J connectivity index is 2.18. The molecule has 0 aliphatic carbocycles. The maximum atomic E-state index is 5.97. The summed E-state index contributed by atoms with van der Waals surface area (Å²) in [4.78, 5) is 4.32. The number of nitrogens with two attached hydrogens (primary N) is 1. The van der Waals surface area contributed by atoms with E-state index in [-0.39, 0.29) is 6.04 Å². The van der Waals surface area contributed by atoms with Crippen LogP contribution < -0.4 is 10.5 Å². The van der Waals surface area contributed by atoms with E-state index in [2.05, 4.69) is 20.9 Å². The van der Waals surface area contributed by atoms with E-state index < -0.39 is 0 Å². The van der Waals surface area contributed by atoms with Gasteiger partial charge < -0.3 is 10.5 Å². The number of pyridine rings is 1. The Bertz CT molecular complexity index is 570. The summed E-state index contributed by atoms with van der Waals surface area (Å²) < 4.78 is 6.86. The van der Waals surface area contributed by atoms with Crippen LogP contribution in [-0.4, -0.2) is 4.98 Å². The van der Waals surface area contributed by atoms with E-state index in [9.17, 15) is 0 Å². The predicted molar refractivity (Wildman–Crippen MR) is 80.1 cm³/mol. The van der Waals surface area contributed by atoms with Crippen LogP contribution in [-0.2, 0) is 6.61 Å². The van der Waals surface area contributed by atoms with Crippen LogP contribution in [0.25, 0.3) is 0 Å². The fourth-order valence-electron chi connectivity index (χ4n) is 1.82. The summed E-state index contributed by atoms with van der Waals surface area (Å²) in [5.41, 5.74) is 9.03. The largest absolute Gasteiger partial charge is 0.487 e. The molecule has 0 saturated carbocycles. The molecule has 0 bridgehead atoms. The minimum absolute atomic E-state index is 0.0719. The van der Waals surface area contributed by atoms with E-state index >= 15 is 0 Å². The van der Waals surface area contributed by atoms with E-state index in [1.807, 2.05) is 44.2 Å². The standard InChI is InChI=1S/C15H17BrN2O/c1-10-4-3-7-18-14(10)9-19-15-6-5-12(16)8-13(15)11(2)17/h3-8,11H,9,17H2,1-2H3/t11-/m1/s1. The second-order valence-electron chi connectivity index (χ2n) is 4.53. The first-order valence-corrected chi connectivity index (χ1v) is 6.95. The molecule has 4 heteroatoms. The summed E-state index contributed by atoms with van der Waals surface area (Å²) >= 11 is 3.45. The monoisotopic (exact) mass is 320 g/mol. The highest BCUT2D eigenvalue weighted by Gasteiger charge is 2.09. The van der Waals surface area contributed by atoms with Gasteiger partial charge in [0.05, 0.1) is 5.69 Å². The Hall–Kier alpha value is -1.39. The SMILES string of the molecule is Cc1cccnc1COc1ccc(Br)cc1[C@@H](C)N. The molecule has 0 radical (unpaired) electrons. The third kappa shape index (κ3) is 3.55. The van der Waals surface area contributed by atoms with Gasteiger partial charge in [-0.15, -0.1) is 0 Å². The molecule has 0 aliphatic heterocycles. The zero-order valence-corrected chi connectivity index (χ0v) is 12.6. The van der Waals surface area contributed by atoms with Gasteiger partial charge >= 0.3 is 0 Å². The number of ether oxygens (including phenoxy) is 1. The third-order valence-corrected chi connectivity index (χ3v) is 3.44. The molecule has 1 aromatic carbocycles. The molecule has 2 rings (SSSR count). The smallest absolute Gasteiger partial charge is 0.130 e. The molecule has 100 valence electrons. The number of aromatic nitrogens is 1. The van der Waals surface area contributed by atoms with Gasteiger partial charge in [-0.25, -0.2) is 0 Å². The molecular formula is C15H17BrN2O. The molecule has 0 spiro atoms. The number of hydrogen-bond donors (Lipinski definition) is 1. The van der Waals surface area contributed by atoms with Crippen molar-refractivity contribution in [1.29, 1.82) is 0 Å². The molecule has 0 unspecified atom stereocenters. The van der Waals surface area contributed by atoms with E-state index in [0.717, 1.165) is 27.0 Å². The van der Waals surface area contributed by atoms with E-state index in [0.29, 0.717) is 6.61 Å². The topological polar surface area (TPSA) is 48.1 Å². The van der Waals surface area contributed by atoms with Crippen molar-refractivity contribution < 1.29 is 4.74 Å². The van der Waals surface area contributed by atoms with Crippen LogP contribution in [0.5, 0.6) is 5.75 Å². The Morgan fingerprint density at radius 3 is 2.84 bits per heavy atom. The van der Waals surface area contributed by atoms with Crippen molar-refractivity contribution >= 4 is 15.9 Å². The van der Waals surface area contributed by atoms with Gasteiger partial charge in [0.2, 0.25) is 0 Å². The quantitative estimate of drug-likeness (QED) is 0.933. The molecule has 0 amide bonds. The van der Waals surface area contributed by atoms with Crippen molar-refractivity contribution in [2.45, 2.75) is 26.5 Å². The van der Waals surface area contributed by atoms with Gasteiger partial charge in [0.25, 0.3) is 0 Å². The summed E-state index contributed by atoms with van der Waals surface area (Å²) in [6.45, 7) is 4.43. The zero-order chi connectivity index (χ0) is 13.8. The molecule has 0 saturated heterocycles. The number of nitrogens with zero attached hydrogens (tertiary/aromatic N) is 1. The van der Waals surface area contributed by atoms with Crippen molar-refractivity contribution in [3.8, 4) is 5.75 Å². The van der Waals surface area contributed by atoms with Crippen LogP contribution in [0.2, 0.25) is 0 Å². The predicted octanol–water partition coefficient (Wildman–Crippen LogP) is 3.75. The normalized spacial score (nSPS) is 12.2. The van der Waals surface area contributed by atoms with Gasteiger partial charge in [-0.3, -0.25) is 4.98 Å². The van der Waals surface area contributed by atoms with Crippen molar-refractivity contribution in [2.24, 2.45) is 5.73 Å². The second-order valence-corrected chi connectivity index (χ2v) is 5.44. The molecule has 2 N–H and O–H groups in total. The summed E-state index contributed by atoms with van der Waals surface area (Å²) in [6, 6.07) is 9.75. The first kappa shape index (κ1) is 14.0. The summed E-state index contributed by atoms with van der Waals surface area (Å²) in [7, 11) is 0. The van der Waals surface area contributed by atoms with Crippen LogP contribution >= 0.6 is 15.9 Å². The minimum atomic E-state index is -0.0719. The average molecular weight is 321 g/mol. The Morgan fingerprint density at radius 1 is 1.37 bits per heavy atom. The van der Waals surface area contributed by atoms with E-state index in [1.54, 1.807) is 6.20 Å². The molecule has 1 aromatic heterocycles. The Kier molecular flexibility index (Phi) is 4.56. The lowest BCUT2D eigenvalue weighted by atomic mass is 10.1. The summed E-state index contributed by atoms with van der Waals surface area (Å²) in [6.07, 6.45) is 1.78. The van der Waals surface area contributed by atoms with Gasteiger partial charge in [0.15, 0.2) is 0 Å². The molecule has 0 aliphatic rings. The lowest BCUT2D eigenvalue weighted by Crippen LogP contribution is -2.09. The molecular weight excluding hydrogens is 304 g/mol. The van der Waals surface area contributed by atoms with E-state index in [1.165, 1.54) is 0 Å². The van der Waals surface area contributed by atoms with E-state index in [4.69, 9.17) is 10.5 Å². The van der Waals surface area contributed by atoms with Gasteiger partial charge in [-0.1, -0.05) is 22.0 Å². The van der Waals surface area contributed by atoms with Gasteiger partial charge in [0, 0.05) is 22.3 Å². The third-order valence-electron chi connectivity index (χ3n) is 2.94. The molecule has 3 nitrogen and oxygen atoms in total. The van der Waals surface area contributed by atoms with Gasteiger partial charge in [0.1, 0.15) is 12.4 Å². The maximum absolute atomic E-state index is 5.97.